The number of nitrogens with zero attached hydrogens (tertiary/aromatic N) is 7. The van der Waals surface area contributed by atoms with Gasteiger partial charge in [-0.2, -0.15) is 10.2 Å². The number of aromatic nitrogens is 4. The summed E-state index contributed by atoms with van der Waals surface area (Å²) in [6.45, 7) is 8.41. The second-order valence-corrected chi connectivity index (χ2v) is 6.21. The van der Waals surface area contributed by atoms with Gasteiger partial charge in [0.15, 0.2) is 17.3 Å². The summed E-state index contributed by atoms with van der Waals surface area (Å²) in [6.07, 6.45) is 1.02. The average Bonchev–Trinajstić information content (AvgIpc) is 2.94. The molecule has 0 atom stereocenters. The first-order valence-corrected chi connectivity index (χ1v) is 8.19. The van der Waals surface area contributed by atoms with Crippen molar-refractivity contribution in [3.8, 4) is 6.07 Å². The van der Waals surface area contributed by atoms with Crippen molar-refractivity contribution in [3.05, 3.63) is 29.5 Å². The molecule has 8 nitrogen and oxygen atoms in total. The molecule has 0 amide bonds. The van der Waals surface area contributed by atoms with Crippen LogP contribution in [0.4, 0.5) is 5.82 Å². The molecule has 0 unspecified atom stereocenters. The summed E-state index contributed by atoms with van der Waals surface area (Å²) in [4.78, 5) is 8.95. The predicted molar refractivity (Wildman–Crippen MR) is 87.2 cm³/mol. The van der Waals surface area contributed by atoms with Crippen molar-refractivity contribution >= 4 is 5.82 Å². The minimum Gasteiger partial charge on any atom is -0.354 e. The molecular formula is C16H21N7O. The second-order valence-electron chi connectivity index (χ2n) is 6.21. The Morgan fingerprint density at radius 1 is 1.21 bits per heavy atom. The molecule has 24 heavy (non-hydrogen) atoms. The van der Waals surface area contributed by atoms with Gasteiger partial charge in [0.2, 0.25) is 5.89 Å². The third-order valence-electron chi connectivity index (χ3n) is 4.04. The smallest absolute Gasteiger partial charge is 0.240 e. The van der Waals surface area contributed by atoms with E-state index in [1.54, 1.807) is 6.07 Å². The molecule has 2 aromatic rings. The van der Waals surface area contributed by atoms with Gasteiger partial charge in [0, 0.05) is 32.1 Å². The SMILES string of the molecule is CC(C)c1noc(CN2CCCN(c3ccc(C#N)nn3)CC2)n1. The molecule has 0 bridgehead atoms. The Morgan fingerprint density at radius 3 is 2.75 bits per heavy atom. The van der Waals surface area contributed by atoms with E-state index in [1.165, 1.54) is 0 Å². The molecule has 8 heteroatoms. The van der Waals surface area contributed by atoms with Gasteiger partial charge in [-0.3, -0.25) is 4.90 Å². The van der Waals surface area contributed by atoms with Crippen LogP contribution in [0.5, 0.6) is 0 Å². The largest absolute Gasteiger partial charge is 0.354 e. The lowest BCUT2D eigenvalue weighted by molar-refractivity contribution is 0.239. The number of hydrogen-bond acceptors (Lipinski definition) is 8. The summed E-state index contributed by atoms with van der Waals surface area (Å²) in [5.74, 6) is 2.52. The van der Waals surface area contributed by atoms with Gasteiger partial charge < -0.3 is 9.42 Å². The molecule has 1 saturated heterocycles. The van der Waals surface area contributed by atoms with Crippen molar-refractivity contribution in [1.82, 2.24) is 25.2 Å². The summed E-state index contributed by atoms with van der Waals surface area (Å²) in [7, 11) is 0. The zero-order valence-corrected chi connectivity index (χ0v) is 14.0. The molecule has 1 aliphatic heterocycles. The maximum Gasteiger partial charge on any atom is 0.240 e. The quantitative estimate of drug-likeness (QED) is 0.835. The monoisotopic (exact) mass is 327 g/mol. The van der Waals surface area contributed by atoms with E-state index in [4.69, 9.17) is 9.78 Å². The Kier molecular flexibility index (Phi) is 5.01. The first kappa shape index (κ1) is 16.3. The zero-order chi connectivity index (χ0) is 16.9. The fraction of sp³-hybridized carbons (Fsp3) is 0.562. The van der Waals surface area contributed by atoms with E-state index < -0.39 is 0 Å². The minimum atomic E-state index is 0.275. The predicted octanol–water partition coefficient (Wildman–Crippen LogP) is 1.57. The Balaban J connectivity index is 1.59. The molecule has 0 spiro atoms. The zero-order valence-electron chi connectivity index (χ0n) is 14.0. The van der Waals surface area contributed by atoms with Crippen LogP contribution in [0.15, 0.2) is 16.7 Å². The van der Waals surface area contributed by atoms with Gasteiger partial charge in [-0.1, -0.05) is 19.0 Å². The van der Waals surface area contributed by atoms with Crippen LogP contribution in [0.2, 0.25) is 0 Å². The molecule has 126 valence electrons. The normalized spacial score (nSPS) is 16.2. The van der Waals surface area contributed by atoms with Crippen LogP contribution < -0.4 is 4.90 Å². The molecule has 1 fully saturated rings. The average molecular weight is 327 g/mol. The van der Waals surface area contributed by atoms with Crippen LogP contribution in [0, 0.1) is 11.3 Å². The molecule has 0 radical (unpaired) electrons. The van der Waals surface area contributed by atoms with Crippen molar-refractivity contribution in [3.63, 3.8) is 0 Å². The molecule has 2 aromatic heterocycles. The topological polar surface area (TPSA) is 95.0 Å². The van der Waals surface area contributed by atoms with E-state index in [1.807, 2.05) is 12.1 Å². The highest BCUT2D eigenvalue weighted by molar-refractivity contribution is 5.39. The number of hydrogen-bond donors (Lipinski definition) is 0. The molecule has 0 aliphatic carbocycles. The van der Waals surface area contributed by atoms with Crippen molar-refractivity contribution in [2.45, 2.75) is 32.7 Å². The summed E-state index contributed by atoms with van der Waals surface area (Å²) in [6, 6.07) is 5.55. The highest BCUT2D eigenvalue weighted by atomic mass is 16.5. The summed E-state index contributed by atoms with van der Waals surface area (Å²) in [5, 5.41) is 20.9. The lowest BCUT2D eigenvalue weighted by Gasteiger charge is -2.21. The second kappa shape index (κ2) is 7.36. The molecule has 0 saturated carbocycles. The third-order valence-corrected chi connectivity index (χ3v) is 4.04. The molecule has 0 aromatic carbocycles. The first-order chi connectivity index (χ1) is 11.7. The Morgan fingerprint density at radius 2 is 2.08 bits per heavy atom. The summed E-state index contributed by atoms with van der Waals surface area (Å²) < 4.78 is 5.34. The van der Waals surface area contributed by atoms with Gasteiger partial charge in [0.25, 0.3) is 0 Å². The van der Waals surface area contributed by atoms with Crippen LogP contribution in [0.25, 0.3) is 0 Å². The highest BCUT2D eigenvalue weighted by Gasteiger charge is 2.19. The maximum absolute atomic E-state index is 8.80. The van der Waals surface area contributed by atoms with Gasteiger partial charge in [-0.25, -0.2) is 0 Å². The van der Waals surface area contributed by atoms with Gasteiger partial charge in [-0.05, 0) is 18.6 Å². The van der Waals surface area contributed by atoms with Gasteiger partial charge in [0.05, 0.1) is 6.54 Å². The Hall–Kier alpha value is -2.53. The van der Waals surface area contributed by atoms with Crippen LogP contribution in [0.1, 0.15) is 43.6 Å². The number of rotatable bonds is 4. The summed E-state index contributed by atoms with van der Waals surface area (Å²) >= 11 is 0. The van der Waals surface area contributed by atoms with Crippen molar-refractivity contribution < 1.29 is 4.52 Å². The van der Waals surface area contributed by atoms with E-state index >= 15 is 0 Å². The van der Waals surface area contributed by atoms with Gasteiger partial charge in [-0.15, -0.1) is 10.2 Å². The standard InChI is InChI=1S/C16H21N7O/c1-12(2)16-18-15(24-21-16)11-22-6-3-7-23(9-8-22)14-5-4-13(10-17)19-20-14/h4-5,12H,3,6-9,11H2,1-2H3. The van der Waals surface area contributed by atoms with E-state index in [2.05, 4.69) is 44.0 Å². The first-order valence-electron chi connectivity index (χ1n) is 8.19. The van der Waals surface area contributed by atoms with Crippen LogP contribution in [-0.2, 0) is 6.54 Å². The Labute approximate surface area is 141 Å². The van der Waals surface area contributed by atoms with E-state index in [9.17, 15) is 0 Å². The third kappa shape index (κ3) is 3.86. The summed E-state index contributed by atoms with van der Waals surface area (Å²) in [5.41, 5.74) is 0.340. The lowest BCUT2D eigenvalue weighted by Crippen LogP contribution is -2.31. The maximum atomic E-state index is 8.80. The van der Waals surface area contributed by atoms with Crippen LogP contribution in [-0.4, -0.2) is 51.4 Å². The molecular weight excluding hydrogens is 306 g/mol. The van der Waals surface area contributed by atoms with Crippen molar-refractivity contribution in [2.24, 2.45) is 0 Å². The van der Waals surface area contributed by atoms with Crippen LogP contribution >= 0.6 is 0 Å². The fourth-order valence-electron chi connectivity index (χ4n) is 2.67. The van der Waals surface area contributed by atoms with Crippen molar-refractivity contribution in [1.29, 1.82) is 5.26 Å². The number of anilines is 1. The van der Waals surface area contributed by atoms with E-state index in [0.29, 0.717) is 18.1 Å². The fourth-order valence-corrected chi connectivity index (χ4v) is 2.67. The highest BCUT2D eigenvalue weighted by Crippen LogP contribution is 2.15. The van der Waals surface area contributed by atoms with Gasteiger partial charge in [0.1, 0.15) is 6.07 Å². The molecule has 1 aliphatic rings. The molecule has 3 rings (SSSR count). The van der Waals surface area contributed by atoms with Crippen molar-refractivity contribution in [2.75, 3.05) is 31.1 Å². The molecule has 3 heterocycles. The Bertz CT molecular complexity index is 704. The van der Waals surface area contributed by atoms with E-state index in [-0.39, 0.29) is 5.92 Å². The minimum absolute atomic E-state index is 0.275. The number of nitriles is 1. The van der Waals surface area contributed by atoms with Crippen LogP contribution in [0.3, 0.4) is 0 Å². The lowest BCUT2D eigenvalue weighted by atomic mass is 10.2. The molecule has 0 N–H and O–H groups in total. The van der Waals surface area contributed by atoms with Gasteiger partial charge >= 0.3 is 0 Å². The van der Waals surface area contributed by atoms with E-state index in [0.717, 1.165) is 44.2 Å².